The van der Waals surface area contributed by atoms with Gasteiger partial charge in [0.2, 0.25) is 10.0 Å². The zero-order valence-corrected chi connectivity index (χ0v) is 16.3. The van der Waals surface area contributed by atoms with Crippen LogP contribution in [0.4, 0.5) is 5.69 Å². The van der Waals surface area contributed by atoms with Gasteiger partial charge in [0.05, 0.1) is 11.9 Å². The Bertz CT molecular complexity index is 708. The molecule has 7 heteroatoms. The molecule has 1 aromatic rings. The summed E-state index contributed by atoms with van der Waals surface area (Å²) in [5.74, 6) is 0.817. The van der Waals surface area contributed by atoms with Crippen molar-refractivity contribution in [3.05, 3.63) is 24.3 Å². The Morgan fingerprint density at radius 2 is 1.80 bits per heavy atom. The average molecular weight is 368 g/mol. The summed E-state index contributed by atoms with van der Waals surface area (Å²) < 4.78 is 31.4. The quantitative estimate of drug-likeness (QED) is 0.866. The number of benzene rings is 1. The van der Waals surface area contributed by atoms with Gasteiger partial charge < -0.3 is 10.1 Å². The van der Waals surface area contributed by atoms with Gasteiger partial charge in [-0.1, -0.05) is 39.8 Å². The van der Waals surface area contributed by atoms with Gasteiger partial charge in [-0.3, -0.25) is 9.10 Å². The lowest BCUT2D eigenvalue weighted by molar-refractivity contribution is -0.129. The van der Waals surface area contributed by atoms with Gasteiger partial charge in [-0.05, 0) is 24.0 Å². The van der Waals surface area contributed by atoms with Crippen LogP contribution in [0.5, 0.6) is 5.75 Å². The summed E-state index contributed by atoms with van der Waals surface area (Å²) in [5, 5.41) is 3.07. The first-order chi connectivity index (χ1) is 11.6. The van der Waals surface area contributed by atoms with Crippen LogP contribution in [0.2, 0.25) is 0 Å². The molecular weight excluding hydrogens is 340 g/mol. The molecule has 1 heterocycles. The van der Waals surface area contributed by atoms with E-state index in [9.17, 15) is 13.2 Å². The molecule has 0 radical (unpaired) electrons. The normalized spacial score (nSPS) is 18.1. The van der Waals surface area contributed by atoms with E-state index in [1.807, 2.05) is 0 Å². The fraction of sp³-hybridized carbons (Fsp3) is 0.611. The van der Waals surface area contributed by atoms with Crippen molar-refractivity contribution in [1.29, 1.82) is 0 Å². The Morgan fingerprint density at radius 1 is 1.20 bits per heavy atom. The summed E-state index contributed by atoms with van der Waals surface area (Å²) >= 11 is 0. The van der Waals surface area contributed by atoms with Crippen LogP contribution in [0.15, 0.2) is 24.3 Å². The van der Waals surface area contributed by atoms with Gasteiger partial charge in [0, 0.05) is 19.0 Å². The van der Waals surface area contributed by atoms with Crippen LogP contribution >= 0.6 is 0 Å². The predicted molar refractivity (Wildman–Crippen MR) is 99.3 cm³/mol. The highest BCUT2D eigenvalue weighted by Gasteiger charge is 2.32. The fourth-order valence-electron chi connectivity index (χ4n) is 3.22. The average Bonchev–Trinajstić information content (AvgIpc) is 2.70. The smallest absolute Gasteiger partial charge is 0.261 e. The third kappa shape index (κ3) is 4.66. The molecule has 2 rings (SSSR count). The number of para-hydroxylation sites is 2. The molecule has 140 valence electrons. The first-order valence-corrected chi connectivity index (χ1v) is 10.5. The molecule has 0 aromatic heterocycles. The molecule has 1 aromatic carbocycles. The Kier molecular flexibility index (Phi) is 5.98. The number of fused-ring (bicyclic) bond motifs is 1. The molecule has 0 bridgehead atoms. The number of hydrogen-bond acceptors (Lipinski definition) is 4. The van der Waals surface area contributed by atoms with Crippen LogP contribution in [-0.4, -0.2) is 39.3 Å². The van der Waals surface area contributed by atoms with Crippen molar-refractivity contribution in [1.82, 2.24) is 5.32 Å². The first-order valence-electron chi connectivity index (χ1n) is 8.65. The molecule has 0 saturated carbocycles. The molecule has 1 aliphatic rings. The summed E-state index contributed by atoms with van der Waals surface area (Å²) in [6.07, 6.45) is 0.752. The molecule has 1 atom stereocenters. The number of nitrogens with zero attached hydrogens (tertiary/aromatic N) is 1. The minimum atomic E-state index is -3.44. The third-order valence-corrected chi connectivity index (χ3v) is 5.62. The first kappa shape index (κ1) is 19.6. The summed E-state index contributed by atoms with van der Waals surface area (Å²) in [6.45, 7) is 8.49. The highest BCUT2D eigenvalue weighted by atomic mass is 32.2. The molecule has 0 saturated heterocycles. The van der Waals surface area contributed by atoms with Gasteiger partial charge in [-0.15, -0.1) is 0 Å². The number of nitrogens with one attached hydrogen (secondary N) is 1. The Morgan fingerprint density at radius 3 is 2.36 bits per heavy atom. The van der Waals surface area contributed by atoms with Gasteiger partial charge in [-0.25, -0.2) is 8.42 Å². The van der Waals surface area contributed by atoms with E-state index in [1.54, 1.807) is 24.3 Å². The molecule has 0 fully saturated rings. The van der Waals surface area contributed by atoms with Crippen LogP contribution in [-0.2, 0) is 14.8 Å². The molecular formula is C18H28N2O4S. The minimum absolute atomic E-state index is 0.0422. The number of amides is 1. The Labute approximate surface area is 150 Å². The van der Waals surface area contributed by atoms with Gasteiger partial charge >= 0.3 is 0 Å². The van der Waals surface area contributed by atoms with Crippen molar-refractivity contribution in [3.8, 4) is 5.75 Å². The molecule has 1 N–H and O–H groups in total. The summed E-state index contributed by atoms with van der Waals surface area (Å²) in [7, 11) is -3.44. The Hall–Kier alpha value is -1.76. The van der Waals surface area contributed by atoms with E-state index in [0.717, 1.165) is 6.26 Å². The Balaban J connectivity index is 2.25. The van der Waals surface area contributed by atoms with Crippen molar-refractivity contribution in [2.45, 2.75) is 46.3 Å². The number of sulfonamides is 1. The van der Waals surface area contributed by atoms with E-state index in [1.165, 1.54) is 4.31 Å². The highest BCUT2D eigenvalue weighted by molar-refractivity contribution is 7.92. The van der Waals surface area contributed by atoms with Crippen molar-refractivity contribution < 1.29 is 17.9 Å². The third-order valence-electron chi connectivity index (χ3n) is 4.44. The maximum atomic E-state index is 12.7. The van der Waals surface area contributed by atoms with Gasteiger partial charge in [-0.2, -0.15) is 0 Å². The maximum absolute atomic E-state index is 12.7. The monoisotopic (exact) mass is 368 g/mol. The molecule has 25 heavy (non-hydrogen) atoms. The van der Waals surface area contributed by atoms with E-state index < -0.39 is 16.1 Å². The maximum Gasteiger partial charge on any atom is 0.261 e. The van der Waals surface area contributed by atoms with Crippen molar-refractivity contribution in [3.63, 3.8) is 0 Å². The number of ether oxygens (including phenoxy) is 1. The fourth-order valence-corrected chi connectivity index (χ4v) is 4.16. The minimum Gasteiger partial charge on any atom is -0.478 e. The largest absolute Gasteiger partial charge is 0.478 e. The van der Waals surface area contributed by atoms with Crippen molar-refractivity contribution in [2.75, 3.05) is 17.1 Å². The standard InChI is InChI=1S/C18H28N2O4S/c1-12(2)17(13(3)4)19-18(21)16-10-11-20(25(5,22)23)14-8-6-7-9-15(14)24-16/h6-9,12-13,16-17H,10-11H2,1-5H3,(H,19,21)/t16-/m0/s1. The van der Waals surface area contributed by atoms with Crippen molar-refractivity contribution in [2.24, 2.45) is 11.8 Å². The van der Waals surface area contributed by atoms with E-state index in [4.69, 9.17) is 4.74 Å². The lowest BCUT2D eigenvalue weighted by Gasteiger charge is -2.28. The predicted octanol–water partition coefficient (Wildman–Crippen LogP) is 2.40. The van der Waals surface area contributed by atoms with Gasteiger partial charge in [0.25, 0.3) is 5.91 Å². The molecule has 6 nitrogen and oxygen atoms in total. The molecule has 0 spiro atoms. The van der Waals surface area contributed by atoms with Crippen LogP contribution in [0, 0.1) is 11.8 Å². The van der Waals surface area contributed by atoms with E-state index in [2.05, 4.69) is 33.0 Å². The topological polar surface area (TPSA) is 75.7 Å². The number of carbonyl (C=O) groups excluding carboxylic acids is 1. The van der Waals surface area contributed by atoms with Gasteiger partial charge in [0.15, 0.2) is 6.10 Å². The second-order valence-corrected chi connectivity index (χ2v) is 9.13. The zero-order valence-electron chi connectivity index (χ0n) is 15.5. The summed E-state index contributed by atoms with van der Waals surface area (Å²) in [6, 6.07) is 6.96. The van der Waals surface area contributed by atoms with E-state index >= 15 is 0 Å². The molecule has 0 aliphatic carbocycles. The molecule has 0 unspecified atom stereocenters. The lowest BCUT2D eigenvalue weighted by atomic mass is 9.93. The van der Waals surface area contributed by atoms with Crippen LogP contribution in [0.1, 0.15) is 34.1 Å². The van der Waals surface area contributed by atoms with Crippen LogP contribution in [0.25, 0.3) is 0 Å². The number of hydrogen-bond donors (Lipinski definition) is 1. The van der Waals surface area contributed by atoms with Crippen LogP contribution < -0.4 is 14.4 Å². The second kappa shape index (κ2) is 7.64. The lowest BCUT2D eigenvalue weighted by Crippen LogP contribution is -2.48. The van der Waals surface area contributed by atoms with E-state index in [-0.39, 0.29) is 18.5 Å². The number of anilines is 1. The molecule has 1 aliphatic heterocycles. The van der Waals surface area contributed by atoms with E-state index in [0.29, 0.717) is 29.7 Å². The number of carbonyl (C=O) groups is 1. The van der Waals surface area contributed by atoms with Crippen molar-refractivity contribution >= 4 is 21.6 Å². The number of rotatable bonds is 5. The SMILES string of the molecule is CC(C)C(NC(=O)[C@@H]1CCN(S(C)(=O)=O)c2ccccc2O1)C(C)C. The second-order valence-electron chi connectivity index (χ2n) is 7.22. The molecule has 1 amide bonds. The summed E-state index contributed by atoms with van der Waals surface area (Å²) in [4.78, 5) is 12.7. The highest BCUT2D eigenvalue weighted by Crippen LogP contribution is 2.33. The summed E-state index contributed by atoms with van der Waals surface area (Å²) in [5.41, 5.74) is 0.476. The van der Waals surface area contributed by atoms with Gasteiger partial charge in [0.1, 0.15) is 5.75 Å². The zero-order chi connectivity index (χ0) is 18.8. The van der Waals surface area contributed by atoms with Crippen LogP contribution in [0.3, 0.4) is 0 Å².